The van der Waals surface area contributed by atoms with Crippen molar-refractivity contribution in [3.63, 3.8) is 0 Å². The summed E-state index contributed by atoms with van der Waals surface area (Å²) >= 11 is 0. The van der Waals surface area contributed by atoms with Gasteiger partial charge >= 0.3 is 0 Å². The normalized spacial score (nSPS) is 13.7. The zero-order valence-electron chi connectivity index (χ0n) is 10.9. The number of carbonyl (C=O) groups is 2. The molecule has 0 bridgehead atoms. The highest BCUT2D eigenvalue weighted by Gasteiger charge is 2.18. The number of carbonyl (C=O) groups excluding carboxylic acids is 2. The van der Waals surface area contributed by atoms with E-state index in [1.165, 1.54) is 6.07 Å². The number of rotatable bonds is 5. The molecule has 6 heteroatoms. The molecule has 0 heterocycles. The molecule has 0 spiro atoms. The van der Waals surface area contributed by atoms with Gasteiger partial charge in [-0.2, -0.15) is 0 Å². The van der Waals surface area contributed by atoms with Gasteiger partial charge in [0, 0.05) is 0 Å². The first-order valence-electron chi connectivity index (χ1n) is 5.91. The first-order chi connectivity index (χ1) is 8.81. The van der Waals surface area contributed by atoms with Crippen molar-refractivity contribution in [2.75, 3.05) is 0 Å². The number of nitrogens with two attached hydrogens (primary N) is 2. The number of aryl methyl sites for hydroxylation is 1. The lowest BCUT2D eigenvalue weighted by atomic mass is 10.1. The maximum absolute atomic E-state index is 13.4. The van der Waals surface area contributed by atoms with Gasteiger partial charge in [0.15, 0.2) is 0 Å². The fraction of sp³-hybridized carbons (Fsp3) is 0.385. The summed E-state index contributed by atoms with van der Waals surface area (Å²) in [6.07, 6.45) is -0.221. The second-order valence-electron chi connectivity index (χ2n) is 4.52. The van der Waals surface area contributed by atoms with Gasteiger partial charge in [0.25, 0.3) is 0 Å². The summed E-state index contributed by atoms with van der Waals surface area (Å²) in [4.78, 5) is 22.3. The van der Waals surface area contributed by atoms with Gasteiger partial charge in [0.05, 0.1) is 18.5 Å². The van der Waals surface area contributed by atoms with E-state index in [0.29, 0.717) is 11.1 Å². The minimum absolute atomic E-state index is 0.221. The number of halogens is 1. The lowest BCUT2D eigenvalue weighted by Gasteiger charge is -2.17. The molecular weight excluding hydrogens is 249 g/mol. The van der Waals surface area contributed by atoms with E-state index in [9.17, 15) is 14.0 Å². The molecule has 5 nitrogen and oxygen atoms in total. The fourth-order valence-electron chi connectivity index (χ4n) is 1.59. The van der Waals surface area contributed by atoms with Crippen molar-refractivity contribution >= 4 is 11.8 Å². The molecule has 1 aromatic carbocycles. The van der Waals surface area contributed by atoms with Crippen LogP contribution in [0.25, 0.3) is 0 Å². The molecule has 0 saturated carbocycles. The Morgan fingerprint density at radius 2 is 2.05 bits per heavy atom. The predicted octanol–water partition coefficient (Wildman–Crippen LogP) is 0.514. The Kier molecular flexibility index (Phi) is 5.00. The molecule has 0 aliphatic carbocycles. The highest BCUT2D eigenvalue weighted by molar-refractivity contribution is 5.87. The molecule has 0 aliphatic heterocycles. The van der Waals surface area contributed by atoms with Crippen LogP contribution in [0.5, 0.6) is 0 Å². The van der Waals surface area contributed by atoms with Crippen molar-refractivity contribution in [1.29, 1.82) is 0 Å². The second-order valence-corrected chi connectivity index (χ2v) is 4.52. The van der Waals surface area contributed by atoms with E-state index < -0.39 is 23.9 Å². The van der Waals surface area contributed by atoms with E-state index in [2.05, 4.69) is 5.32 Å². The zero-order valence-corrected chi connectivity index (χ0v) is 10.9. The molecule has 0 saturated heterocycles. The van der Waals surface area contributed by atoms with E-state index in [0.717, 1.165) is 0 Å². The fourth-order valence-corrected chi connectivity index (χ4v) is 1.59. The van der Waals surface area contributed by atoms with Crippen molar-refractivity contribution in [2.24, 2.45) is 11.5 Å². The molecule has 104 valence electrons. The lowest BCUT2D eigenvalue weighted by Crippen LogP contribution is -2.43. The molecule has 19 heavy (non-hydrogen) atoms. The van der Waals surface area contributed by atoms with Crippen molar-refractivity contribution in [3.05, 3.63) is 35.1 Å². The van der Waals surface area contributed by atoms with Crippen LogP contribution in [0.15, 0.2) is 18.2 Å². The average molecular weight is 267 g/mol. The minimum Gasteiger partial charge on any atom is -0.370 e. The predicted molar refractivity (Wildman–Crippen MR) is 69.5 cm³/mol. The Bertz CT molecular complexity index is 491. The van der Waals surface area contributed by atoms with Crippen LogP contribution in [0.1, 0.15) is 30.5 Å². The van der Waals surface area contributed by atoms with E-state index >= 15 is 0 Å². The van der Waals surface area contributed by atoms with Gasteiger partial charge in [-0.3, -0.25) is 9.59 Å². The molecule has 0 radical (unpaired) electrons. The number of primary amides is 1. The molecule has 5 N–H and O–H groups in total. The summed E-state index contributed by atoms with van der Waals surface area (Å²) in [7, 11) is 0. The van der Waals surface area contributed by atoms with Crippen LogP contribution < -0.4 is 16.8 Å². The Morgan fingerprint density at radius 3 is 2.58 bits per heavy atom. The molecule has 0 aromatic heterocycles. The summed E-state index contributed by atoms with van der Waals surface area (Å²) in [5.74, 6) is -1.47. The molecule has 0 aliphatic rings. The summed E-state index contributed by atoms with van der Waals surface area (Å²) in [6, 6.07) is 3.33. The SMILES string of the molecule is Cc1ccc(C(C)NC(=O)C(N)CC(N)=O)cc1F. The molecule has 2 unspecified atom stereocenters. The zero-order chi connectivity index (χ0) is 14.6. The quantitative estimate of drug-likeness (QED) is 0.725. The number of hydrogen-bond donors (Lipinski definition) is 3. The summed E-state index contributed by atoms with van der Waals surface area (Å²) in [5.41, 5.74) is 11.6. The topological polar surface area (TPSA) is 98.2 Å². The van der Waals surface area contributed by atoms with Crippen LogP contribution in [0.3, 0.4) is 0 Å². The minimum atomic E-state index is -0.991. The van der Waals surface area contributed by atoms with Crippen LogP contribution in [-0.4, -0.2) is 17.9 Å². The third kappa shape index (κ3) is 4.33. The van der Waals surface area contributed by atoms with Crippen LogP contribution >= 0.6 is 0 Å². The summed E-state index contributed by atoms with van der Waals surface area (Å²) in [5, 5.41) is 2.61. The van der Waals surface area contributed by atoms with Crippen molar-refractivity contribution < 1.29 is 14.0 Å². The van der Waals surface area contributed by atoms with Gasteiger partial charge in [0.2, 0.25) is 11.8 Å². The third-order valence-corrected chi connectivity index (χ3v) is 2.81. The smallest absolute Gasteiger partial charge is 0.237 e. The van der Waals surface area contributed by atoms with Gasteiger partial charge in [-0.1, -0.05) is 12.1 Å². The Balaban J connectivity index is 2.68. The average Bonchev–Trinajstić information content (AvgIpc) is 2.31. The van der Waals surface area contributed by atoms with Crippen molar-refractivity contribution in [2.45, 2.75) is 32.4 Å². The van der Waals surface area contributed by atoms with Gasteiger partial charge < -0.3 is 16.8 Å². The first-order valence-corrected chi connectivity index (χ1v) is 5.91. The van der Waals surface area contributed by atoms with Crippen LogP contribution in [0, 0.1) is 12.7 Å². The molecular formula is C13H18FN3O2. The molecule has 1 rings (SSSR count). The highest BCUT2D eigenvalue weighted by atomic mass is 19.1. The molecule has 0 fully saturated rings. The van der Waals surface area contributed by atoms with E-state index in [1.807, 2.05) is 0 Å². The first kappa shape index (κ1) is 15.1. The van der Waals surface area contributed by atoms with Gasteiger partial charge in [-0.15, -0.1) is 0 Å². The van der Waals surface area contributed by atoms with Crippen LogP contribution in [0.2, 0.25) is 0 Å². The maximum atomic E-state index is 13.4. The van der Waals surface area contributed by atoms with Gasteiger partial charge in [0.1, 0.15) is 5.82 Å². The number of amides is 2. The van der Waals surface area contributed by atoms with Crippen molar-refractivity contribution in [1.82, 2.24) is 5.32 Å². The number of benzene rings is 1. The van der Waals surface area contributed by atoms with Gasteiger partial charge in [-0.25, -0.2) is 4.39 Å². The maximum Gasteiger partial charge on any atom is 0.237 e. The Hall–Kier alpha value is -1.95. The number of nitrogens with one attached hydrogen (secondary N) is 1. The van der Waals surface area contributed by atoms with Gasteiger partial charge in [-0.05, 0) is 31.0 Å². The van der Waals surface area contributed by atoms with Crippen LogP contribution in [-0.2, 0) is 9.59 Å². The van der Waals surface area contributed by atoms with E-state index in [1.54, 1.807) is 26.0 Å². The highest BCUT2D eigenvalue weighted by Crippen LogP contribution is 2.16. The largest absolute Gasteiger partial charge is 0.370 e. The van der Waals surface area contributed by atoms with E-state index in [4.69, 9.17) is 11.5 Å². The van der Waals surface area contributed by atoms with Crippen molar-refractivity contribution in [3.8, 4) is 0 Å². The summed E-state index contributed by atoms with van der Waals surface area (Å²) in [6.45, 7) is 3.37. The monoisotopic (exact) mass is 267 g/mol. The second kappa shape index (κ2) is 6.29. The summed E-state index contributed by atoms with van der Waals surface area (Å²) < 4.78 is 13.4. The third-order valence-electron chi connectivity index (χ3n) is 2.81. The lowest BCUT2D eigenvalue weighted by molar-refractivity contribution is -0.126. The standard InChI is InChI=1S/C13H18FN3O2/c1-7-3-4-9(5-10(7)14)8(2)17-13(19)11(15)6-12(16)18/h3-5,8,11H,6,15H2,1-2H3,(H2,16,18)(H,17,19). The molecule has 2 atom stereocenters. The Morgan fingerprint density at radius 1 is 1.42 bits per heavy atom. The van der Waals surface area contributed by atoms with Crippen LogP contribution in [0.4, 0.5) is 4.39 Å². The molecule has 1 aromatic rings. The number of hydrogen-bond acceptors (Lipinski definition) is 3. The molecule has 2 amide bonds. The van der Waals surface area contributed by atoms with E-state index in [-0.39, 0.29) is 12.2 Å². The Labute approximate surface area is 111 Å².